The second-order valence-corrected chi connectivity index (χ2v) is 4.21. The van der Waals surface area contributed by atoms with Crippen molar-refractivity contribution in [3.63, 3.8) is 0 Å². The second kappa shape index (κ2) is 8.02. The van der Waals surface area contributed by atoms with Gasteiger partial charge in [-0.15, -0.1) is 0 Å². The molecule has 102 valence electrons. The lowest BCUT2D eigenvalue weighted by Crippen LogP contribution is -2.27. The van der Waals surface area contributed by atoms with E-state index in [1.807, 2.05) is 26.2 Å². The Labute approximate surface area is 109 Å². The second-order valence-electron chi connectivity index (χ2n) is 4.21. The fraction of sp³-hybridized carbons (Fsp3) is 0.615. The van der Waals surface area contributed by atoms with Gasteiger partial charge in [-0.3, -0.25) is 4.98 Å². The largest absolute Gasteiger partial charge is 0.382 e. The molecular formula is C13H23N3O2. The number of aromatic nitrogens is 1. The topological polar surface area (TPSA) is 55.4 Å². The van der Waals surface area contributed by atoms with Crippen molar-refractivity contribution >= 4 is 5.69 Å². The first kappa shape index (κ1) is 14.9. The highest BCUT2D eigenvalue weighted by Crippen LogP contribution is 2.15. The van der Waals surface area contributed by atoms with Crippen molar-refractivity contribution in [2.24, 2.45) is 0 Å². The summed E-state index contributed by atoms with van der Waals surface area (Å²) in [5.41, 5.74) is 3.24. The lowest BCUT2D eigenvalue weighted by molar-refractivity contribution is 0.0365. The number of rotatable bonds is 8. The summed E-state index contributed by atoms with van der Waals surface area (Å²) in [4.78, 5) is 4.31. The van der Waals surface area contributed by atoms with Gasteiger partial charge in [0.05, 0.1) is 12.7 Å². The molecule has 1 heterocycles. The molecule has 0 aromatic carbocycles. The Hall–Kier alpha value is -1.17. The Morgan fingerprint density at radius 1 is 1.39 bits per heavy atom. The summed E-state index contributed by atoms with van der Waals surface area (Å²) < 4.78 is 10.4. The summed E-state index contributed by atoms with van der Waals surface area (Å²) in [7, 11) is 5.29. The summed E-state index contributed by atoms with van der Waals surface area (Å²) in [6.07, 6.45) is 1.94. The molecule has 1 aromatic rings. The predicted octanol–water partition coefficient (Wildman–Crippen LogP) is 1.18. The predicted molar refractivity (Wildman–Crippen MR) is 72.9 cm³/mol. The Bertz CT molecular complexity index is 358. The van der Waals surface area contributed by atoms with Crippen LogP contribution < -0.4 is 10.6 Å². The summed E-state index contributed by atoms with van der Waals surface area (Å²) in [6.45, 7) is 4.06. The van der Waals surface area contributed by atoms with E-state index in [4.69, 9.17) is 9.47 Å². The van der Waals surface area contributed by atoms with Crippen LogP contribution in [0.3, 0.4) is 0 Å². The molecule has 2 N–H and O–H groups in total. The Morgan fingerprint density at radius 2 is 2.17 bits per heavy atom. The fourth-order valence-corrected chi connectivity index (χ4v) is 1.70. The normalized spacial score (nSPS) is 12.4. The first-order valence-corrected chi connectivity index (χ1v) is 6.07. The molecular weight excluding hydrogens is 230 g/mol. The number of nitrogens with one attached hydrogen (secondary N) is 2. The average Bonchev–Trinajstić information content (AvgIpc) is 2.37. The van der Waals surface area contributed by atoms with E-state index < -0.39 is 0 Å². The van der Waals surface area contributed by atoms with Gasteiger partial charge in [0.1, 0.15) is 0 Å². The standard InChI is InChI=1S/C13H23N3O2/c1-10-5-13(11(6-14-2)7-15-10)16-8-12(18-4)9-17-3/h5,7,12,14H,6,8-9H2,1-4H3,(H,15,16). The van der Waals surface area contributed by atoms with E-state index in [-0.39, 0.29) is 6.10 Å². The van der Waals surface area contributed by atoms with E-state index in [0.29, 0.717) is 13.2 Å². The van der Waals surface area contributed by atoms with E-state index >= 15 is 0 Å². The number of hydrogen-bond acceptors (Lipinski definition) is 5. The molecule has 1 unspecified atom stereocenters. The number of aryl methyl sites for hydroxylation is 1. The van der Waals surface area contributed by atoms with Crippen LogP contribution in [0.4, 0.5) is 5.69 Å². The molecule has 0 amide bonds. The zero-order valence-corrected chi connectivity index (χ0v) is 11.6. The van der Waals surface area contributed by atoms with Crippen molar-refractivity contribution in [2.45, 2.75) is 19.6 Å². The molecule has 0 aliphatic carbocycles. The zero-order valence-electron chi connectivity index (χ0n) is 11.6. The average molecular weight is 253 g/mol. The Balaban J connectivity index is 2.66. The zero-order chi connectivity index (χ0) is 13.4. The van der Waals surface area contributed by atoms with E-state index in [1.54, 1.807) is 14.2 Å². The minimum Gasteiger partial charge on any atom is -0.382 e. The third kappa shape index (κ3) is 4.60. The number of pyridine rings is 1. The summed E-state index contributed by atoms with van der Waals surface area (Å²) in [5.74, 6) is 0. The molecule has 0 saturated carbocycles. The van der Waals surface area contributed by atoms with Gasteiger partial charge in [0, 0.05) is 50.5 Å². The van der Waals surface area contributed by atoms with E-state index in [9.17, 15) is 0 Å². The number of ether oxygens (including phenoxy) is 2. The van der Waals surface area contributed by atoms with Crippen molar-refractivity contribution in [1.29, 1.82) is 0 Å². The molecule has 5 heteroatoms. The molecule has 0 bridgehead atoms. The first-order chi connectivity index (χ1) is 8.71. The van der Waals surface area contributed by atoms with Crippen LogP contribution in [0, 0.1) is 6.92 Å². The van der Waals surface area contributed by atoms with Crippen molar-refractivity contribution in [2.75, 3.05) is 39.7 Å². The van der Waals surface area contributed by atoms with Crippen LogP contribution in [0.1, 0.15) is 11.3 Å². The van der Waals surface area contributed by atoms with Crippen molar-refractivity contribution in [1.82, 2.24) is 10.3 Å². The summed E-state index contributed by atoms with van der Waals surface area (Å²) in [6, 6.07) is 2.05. The third-order valence-electron chi connectivity index (χ3n) is 2.70. The number of anilines is 1. The van der Waals surface area contributed by atoms with Crippen LogP contribution in [-0.4, -0.2) is 45.5 Å². The smallest absolute Gasteiger partial charge is 0.0976 e. The Morgan fingerprint density at radius 3 is 2.78 bits per heavy atom. The van der Waals surface area contributed by atoms with Crippen LogP contribution in [0.2, 0.25) is 0 Å². The van der Waals surface area contributed by atoms with Crippen molar-refractivity contribution in [3.05, 3.63) is 23.5 Å². The van der Waals surface area contributed by atoms with Gasteiger partial charge in [-0.05, 0) is 20.0 Å². The van der Waals surface area contributed by atoms with Gasteiger partial charge in [0.15, 0.2) is 0 Å². The van der Waals surface area contributed by atoms with Crippen molar-refractivity contribution in [3.8, 4) is 0 Å². The van der Waals surface area contributed by atoms with Crippen LogP contribution >= 0.6 is 0 Å². The molecule has 0 aliphatic rings. The lowest BCUT2D eigenvalue weighted by Gasteiger charge is -2.18. The molecule has 0 spiro atoms. The van der Waals surface area contributed by atoms with Gasteiger partial charge in [0.25, 0.3) is 0 Å². The van der Waals surface area contributed by atoms with Crippen LogP contribution in [0.15, 0.2) is 12.3 Å². The minimum absolute atomic E-state index is 0.0471. The maximum atomic E-state index is 5.32. The van der Waals surface area contributed by atoms with Gasteiger partial charge < -0.3 is 20.1 Å². The van der Waals surface area contributed by atoms with Gasteiger partial charge in [-0.1, -0.05) is 0 Å². The third-order valence-corrected chi connectivity index (χ3v) is 2.70. The monoisotopic (exact) mass is 253 g/mol. The molecule has 1 atom stereocenters. The number of hydrogen-bond donors (Lipinski definition) is 2. The summed E-state index contributed by atoms with van der Waals surface area (Å²) >= 11 is 0. The Kier molecular flexibility index (Phi) is 6.64. The van der Waals surface area contributed by atoms with Gasteiger partial charge in [0.2, 0.25) is 0 Å². The van der Waals surface area contributed by atoms with Gasteiger partial charge in [-0.2, -0.15) is 0 Å². The molecule has 18 heavy (non-hydrogen) atoms. The maximum Gasteiger partial charge on any atom is 0.0976 e. The van der Waals surface area contributed by atoms with Crippen LogP contribution in [0.25, 0.3) is 0 Å². The highest BCUT2D eigenvalue weighted by molar-refractivity contribution is 5.51. The fourth-order valence-electron chi connectivity index (χ4n) is 1.70. The molecule has 1 rings (SSSR count). The van der Waals surface area contributed by atoms with Gasteiger partial charge in [-0.25, -0.2) is 0 Å². The van der Waals surface area contributed by atoms with E-state index in [0.717, 1.165) is 23.5 Å². The maximum absolute atomic E-state index is 5.32. The molecule has 0 radical (unpaired) electrons. The first-order valence-electron chi connectivity index (χ1n) is 6.07. The minimum atomic E-state index is 0.0471. The lowest BCUT2D eigenvalue weighted by atomic mass is 10.2. The SMILES string of the molecule is CNCc1cnc(C)cc1NCC(COC)OC. The molecule has 0 fully saturated rings. The number of nitrogens with zero attached hydrogens (tertiary/aromatic N) is 1. The van der Waals surface area contributed by atoms with Gasteiger partial charge >= 0.3 is 0 Å². The van der Waals surface area contributed by atoms with Crippen LogP contribution in [-0.2, 0) is 16.0 Å². The molecule has 5 nitrogen and oxygen atoms in total. The highest BCUT2D eigenvalue weighted by Gasteiger charge is 2.08. The molecule has 0 saturated heterocycles. The molecule has 0 aliphatic heterocycles. The van der Waals surface area contributed by atoms with E-state index in [1.165, 1.54) is 0 Å². The van der Waals surface area contributed by atoms with Crippen molar-refractivity contribution < 1.29 is 9.47 Å². The molecule has 1 aromatic heterocycles. The number of methoxy groups -OCH3 is 2. The van der Waals surface area contributed by atoms with E-state index in [2.05, 4.69) is 15.6 Å². The highest BCUT2D eigenvalue weighted by atomic mass is 16.5. The van der Waals surface area contributed by atoms with Crippen LogP contribution in [0.5, 0.6) is 0 Å². The quantitative estimate of drug-likeness (QED) is 0.728. The summed E-state index contributed by atoms with van der Waals surface area (Å²) in [5, 5.41) is 6.52.